The molecule has 0 aliphatic heterocycles. The van der Waals surface area contributed by atoms with Crippen molar-refractivity contribution < 1.29 is 0 Å². The highest BCUT2D eigenvalue weighted by Gasteiger charge is 2.01. The molecule has 1 heterocycles. The summed E-state index contributed by atoms with van der Waals surface area (Å²) in [6.45, 7) is 4.17. The van der Waals surface area contributed by atoms with E-state index in [0.29, 0.717) is 12.5 Å². The molecular weight excluding hydrogens is 152 g/mol. The largest absolute Gasteiger partial charge is 0.387 e. The van der Waals surface area contributed by atoms with Crippen LogP contribution in [0.15, 0.2) is 12.5 Å². The van der Waals surface area contributed by atoms with Crippen LogP contribution >= 0.6 is 0 Å². The maximum atomic E-state index is 7.08. The van der Waals surface area contributed by atoms with Crippen molar-refractivity contribution in [3.63, 3.8) is 0 Å². The van der Waals surface area contributed by atoms with Crippen LogP contribution < -0.4 is 5.73 Å². The summed E-state index contributed by atoms with van der Waals surface area (Å²) >= 11 is 0. The second kappa shape index (κ2) is 3.38. The zero-order valence-electron chi connectivity index (χ0n) is 7.41. The van der Waals surface area contributed by atoms with Crippen molar-refractivity contribution >= 4 is 5.84 Å². The lowest BCUT2D eigenvalue weighted by molar-refractivity contribution is 0.599. The van der Waals surface area contributed by atoms with Gasteiger partial charge in [0.1, 0.15) is 0 Å². The predicted octanol–water partition coefficient (Wildman–Crippen LogP) is 0.942. The Balaban J connectivity index is 2.70. The van der Waals surface area contributed by atoms with E-state index in [2.05, 4.69) is 18.8 Å². The number of nitrogens with one attached hydrogen (secondary N) is 1. The van der Waals surface area contributed by atoms with Gasteiger partial charge in [-0.3, -0.25) is 5.41 Å². The minimum Gasteiger partial charge on any atom is -0.387 e. The number of aromatic nitrogens is 2. The Kier molecular flexibility index (Phi) is 2.47. The fourth-order valence-corrected chi connectivity index (χ4v) is 0.948. The number of nitrogens with zero attached hydrogens (tertiary/aromatic N) is 2. The van der Waals surface area contributed by atoms with E-state index in [9.17, 15) is 0 Å². The molecule has 0 saturated carbocycles. The van der Waals surface area contributed by atoms with E-state index in [4.69, 9.17) is 11.1 Å². The van der Waals surface area contributed by atoms with Gasteiger partial charge in [0.25, 0.3) is 0 Å². The molecule has 0 aliphatic carbocycles. The van der Waals surface area contributed by atoms with Crippen molar-refractivity contribution in [2.24, 2.45) is 5.73 Å². The van der Waals surface area contributed by atoms with E-state index in [1.807, 2.05) is 10.8 Å². The van der Waals surface area contributed by atoms with E-state index in [1.165, 1.54) is 0 Å². The summed E-state index contributed by atoms with van der Waals surface area (Å²) in [6, 6.07) is 0.415. The van der Waals surface area contributed by atoms with Crippen LogP contribution in [0.4, 0.5) is 0 Å². The van der Waals surface area contributed by atoms with Crippen LogP contribution in [-0.2, 0) is 6.42 Å². The molecule has 3 N–H and O–H groups in total. The molecule has 0 fully saturated rings. The third-order valence-electron chi connectivity index (χ3n) is 1.62. The molecule has 0 spiro atoms. The van der Waals surface area contributed by atoms with E-state index >= 15 is 0 Å². The van der Waals surface area contributed by atoms with E-state index in [0.717, 1.165) is 5.69 Å². The van der Waals surface area contributed by atoms with Gasteiger partial charge in [0, 0.05) is 18.7 Å². The third-order valence-corrected chi connectivity index (χ3v) is 1.62. The normalized spacial score (nSPS) is 10.6. The average molecular weight is 166 g/mol. The van der Waals surface area contributed by atoms with Gasteiger partial charge in [-0.05, 0) is 13.8 Å². The molecule has 1 aromatic rings. The van der Waals surface area contributed by atoms with Crippen molar-refractivity contribution in [3.8, 4) is 0 Å². The first-order chi connectivity index (χ1) is 5.59. The zero-order valence-corrected chi connectivity index (χ0v) is 7.41. The second-order valence-corrected chi connectivity index (χ2v) is 3.11. The number of nitrogens with two attached hydrogens (primary N) is 1. The van der Waals surface area contributed by atoms with Crippen LogP contribution in [0, 0.1) is 5.41 Å². The molecule has 0 atom stereocenters. The Morgan fingerprint density at radius 3 is 2.83 bits per heavy atom. The van der Waals surface area contributed by atoms with Gasteiger partial charge in [0.05, 0.1) is 17.9 Å². The van der Waals surface area contributed by atoms with Crippen LogP contribution in [0.1, 0.15) is 25.6 Å². The van der Waals surface area contributed by atoms with Gasteiger partial charge in [0.15, 0.2) is 0 Å². The standard InChI is InChI=1S/C8H14N4/c1-6(2)12-4-7(11-5-12)3-8(9)10/h4-6H,3H2,1-2H3,(H3,9,10). The molecular formula is C8H14N4. The monoisotopic (exact) mass is 166 g/mol. The Hall–Kier alpha value is -1.32. The van der Waals surface area contributed by atoms with Crippen LogP contribution in [0.25, 0.3) is 0 Å². The topological polar surface area (TPSA) is 67.7 Å². The lowest BCUT2D eigenvalue weighted by Crippen LogP contribution is -2.12. The van der Waals surface area contributed by atoms with E-state index in [-0.39, 0.29) is 5.84 Å². The molecule has 0 aromatic carbocycles. The molecule has 1 aromatic heterocycles. The molecule has 4 heteroatoms. The van der Waals surface area contributed by atoms with Gasteiger partial charge < -0.3 is 10.3 Å². The molecule has 66 valence electrons. The van der Waals surface area contributed by atoms with Gasteiger partial charge in [-0.1, -0.05) is 0 Å². The summed E-state index contributed by atoms with van der Waals surface area (Å²) in [5.74, 6) is 0.156. The van der Waals surface area contributed by atoms with Crippen LogP contribution in [0.3, 0.4) is 0 Å². The van der Waals surface area contributed by atoms with Gasteiger partial charge in [-0.2, -0.15) is 0 Å². The summed E-state index contributed by atoms with van der Waals surface area (Å²) in [5.41, 5.74) is 6.10. The fraction of sp³-hybridized carbons (Fsp3) is 0.500. The van der Waals surface area contributed by atoms with Gasteiger partial charge >= 0.3 is 0 Å². The second-order valence-electron chi connectivity index (χ2n) is 3.11. The number of hydrogen-bond donors (Lipinski definition) is 2. The van der Waals surface area contributed by atoms with Crippen molar-refractivity contribution in [1.82, 2.24) is 9.55 Å². The van der Waals surface area contributed by atoms with E-state index in [1.54, 1.807) is 6.33 Å². The van der Waals surface area contributed by atoms with Crippen LogP contribution in [0.5, 0.6) is 0 Å². The van der Waals surface area contributed by atoms with Crippen molar-refractivity contribution in [2.75, 3.05) is 0 Å². The number of imidazole rings is 1. The first kappa shape index (κ1) is 8.77. The maximum absolute atomic E-state index is 7.08. The highest BCUT2D eigenvalue weighted by molar-refractivity contribution is 5.78. The number of hydrogen-bond acceptors (Lipinski definition) is 2. The van der Waals surface area contributed by atoms with Crippen LogP contribution in [0.2, 0.25) is 0 Å². The Bertz CT molecular complexity index is 274. The summed E-state index contributed by atoms with van der Waals surface area (Å²) < 4.78 is 2.00. The zero-order chi connectivity index (χ0) is 9.14. The first-order valence-electron chi connectivity index (χ1n) is 3.95. The Labute approximate surface area is 71.9 Å². The third kappa shape index (κ3) is 2.08. The maximum Gasteiger partial charge on any atom is 0.0966 e. The average Bonchev–Trinajstić information content (AvgIpc) is 2.34. The fourth-order valence-electron chi connectivity index (χ4n) is 0.948. The quantitative estimate of drug-likeness (QED) is 0.518. The molecule has 1 rings (SSSR count). The highest BCUT2D eigenvalue weighted by atomic mass is 15.1. The van der Waals surface area contributed by atoms with Crippen molar-refractivity contribution in [1.29, 1.82) is 5.41 Å². The summed E-state index contributed by atoms with van der Waals surface area (Å²) in [4.78, 5) is 4.12. The number of amidine groups is 1. The smallest absolute Gasteiger partial charge is 0.0966 e. The van der Waals surface area contributed by atoms with Gasteiger partial charge in [-0.25, -0.2) is 4.98 Å². The first-order valence-corrected chi connectivity index (χ1v) is 3.95. The highest BCUT2D eigenvalue weighted by Crippen LogP contribution is 2.05. The predicted molar refractivity (Wildman–Crippen MR) is 48.2 cm³/mol. The van der Waals surface area contributed by atoms with Crippen molar-refractivity contribution in [3.05, 3.63) is 18.2 Å². The molecule has 0 aliphatic rings. The van der Waals surface area contributed by atoms with Gasteiger partial charge in [-0.15, -0.1) is 0 Å². The summed E-state index contributed by atoms with van der Waals surface area (Å²) in [5, 5.41) is 7.08. The lowest BCUT2D eigenvalue weighted by Gasteiger charge is -2.03. The van der Waals surface area contributed by atoms with Crippen LogP contribution in [-0.4, -0.2) is 15.4 Å². The lowest BCUT2D eigenvalue weighted by atomic mass is 10.3. The Morgan fingerprint density at radius 2 is 2.42 bits per heavy atom. The molecule has 0 unspecified atom stereocenters. The molecule has 0 saturated heterocycles. The molecule has 4 nitrogen and oxygen atoms in total. The minimum absolute atomic E-state index is 0.156. The summed E-state index contributed by atoms with van der Waals surface area (Å²) in [7, 11) is 0. The van der Waals surface area contributed by atoms with E-state index < -0.39 is 0 Å². The molecule has 0 radical (unpaired) electrons. The summed E-state index contributed by atoms with van der Waals surface area (Å²) in [6.07, 6.45) is 4.13. The SMILES string of the molecule is CC(C)n1cnc(CC(=N)N)c1. The van der Waals surface area contributed by atoms with Gasteiger partial charge in [0.2, 0.25) is 0 Å². The van der Waals surface area contributed by atoms with Crippen molar-refractivity contribution in [2.45, 2.75) is 26.3 Å². The molecule has 0 amide bonds. The Morgan fingerprint density at radius 1 is 1.75 bits per heavy atom. The minimum atomic E-state index is 0.156. The molecule has 12 heavy (non-hydrogen) atoms. The number of rotatable bonds is 3. The molecule has 0 bridgehead atoms.